The summed E-state index contributed by atoms with van der Waals surface area (Å²) in [5, 5.41) is 11.1. The van der Waals surface area contributed by atoms with Crippen LogP contribution >= 0.6 is 23.5 Å². The molecule has 1 aliphatic rings. The van der Waals surface area contributed by atoms with Crippen molar-refractivity contribution in [2.75, 3.05) is 18.9 Å². The minimum absolute atomic E-state index is 0.0751. The fraction of sp³-hybridized carbons (Fsp3) is 0.389. The average Bonchev–Trinajstić information content (AvgIpc) is 3.38. The van der Waals surface area contributed by atoms with Crippen molar-refractivity contribution in [1.82, 2.24) is 19.5 Å². The lowest BCUT2D eigenvalue weighted by molar-refractivity contribution is -0.0588. The summed E-state index contributed by atoms with van der Waals surface area (Å²) >= 11 is 0. The Morgan fingerprint density at radius 1 is 1.00 bits per heavy atom. The SMILES string of the molecule is Nc1ncnc2c1ncn2[C@H]1O[C@H](COP(=O)(O)OP(=O)(O)OP(=O)(O)O)[C@@H](OCCc2ccccc2)[C@H]1O. The normalized spacial score (nSPS) is 24.9. The molecule has 7 N–H and O–H groups in total. The van der Waals surface area contributed by atoms with Crippen LogP contribution in [0.3, 0.4) is 0 Å². The standard InChI is InChI=1S/C18H24N5O13P3/c19-16-13-17(21-9-20-16)23(10-22-13)18-14(24)15(32-7-6-11-4-2-1-3-5-11)12(34-18)8-33-38(28,29)36-39(30,31)35-37(25,26)27/h1-5,9-10,12,14-15,18,24H,6-8H2,(H,28,29)(H,30,31)(H2,19,20,21)(H2,25,26,27)/t12-,14-,15-,18+/m1/s1. The predicted octanol–water partition coefficient (Wildman–Crippen LogP) is 0.638. The van der Waals surface area contributed by atoms with Gasteiger partial charge in [0.25, 0.3) is 0 Å². The molecule has 0 saturated carbocycles. The van der Waals surface area contributed by atoms with E-state index in [0.717, 1.165) is 5.56 Å². The number of aliphatic hydroxyl groups excluding tert-OH is 1. The second-order valence-corrected chi connectivity index (χ2v) is 12.5. The summed E-state index contributed by atoms with van der Waals surface area (Å²) in [5.41, 5.74) is 7.18. The molecule has 0 aliphatic carbocycles. The topological polar surface area (TPSA) is 268 Å². The Bertz CT molecular complexity index is 1440. The number of anilines is 1. The van der Waals surface area contributed by atoms with Crippen LogP contribution in [-0.4, -0.2) is 75.7 Å². The first kappa shape index (κ1) is 29.8. The third-order valence-electron chi connectivity index (χ3n) is 5.33. The van der Waals surface area contributed by atoms with E-state index >= 15 is 0 Å². The Morgan fingerprint density at radius 2 is 1.72 bits per heavy atom. The van der Waals surface area contributed by atoms with Gasteiger partial charge in [0.1, 0.15) is 30.2 Å². The van der Waals surface area contributed by atoms with Crippen molar-refractivity contribution < 1.29 is 61.0 Å². The molecule has 214 valence electrons. The highest BCUT2D eigenvalue weighted by Crippen LogP contribution is 2.66. The van der Waals surface area contributed by atoms with Gasteiger partial charge in [-0.2, -0.15) is 8.62 Å². The average molecular weight is 611 g/mol. The number of nitrogens with two attached hydrogens (primary N) is 1. The number of imidazole rings is 1. The van der Waals surface area contributed by atoms with Crippen LogP contribution in [-0.2, 0) is 42.7 Å². The fourth-order valence-electron chi connectivity index (χ4n) is 3.77. The Morgan fingerprint density at radius 3 is 2.41 bits per heavy atom. The number of phosphoric ester groups is 1. The lowest BCUT2D eigenvalue weighted by atomic mass is 10.1. The summed E-state index contributed by atoms with van der Waals surface area (Å²) in [6, 6.07) is 9.24. The summed E-state index contributed by atoms with van der Waals surface area (Å²) in [5.74, 6) is 0.0751. The monoisotopic (exact) mass is 611 g/mol. The highest BCUT2D eigenvalue weighted by atomic mass is 31.3. The van der Waals surface area contributed by atoms with Gasteiger partial charge in [-0.15, -0.1) is 0 Å². The minimum Gasteiger partial charge on any atom is -0.386 e. The zero-order valence-corrected chi connectivity index (χ0v) is 22.4. The van der Waals surface area contributed by atoms with Crippen molar-refractivity contribution in [3.63, 3.8) is 0 Å². The summed E-state index contributed by atoms with van der Waals surface area (Å²) in [6.07, 6.45) is -2.11. The minimum atomic E-state index is -5.72. The Hall–Kier alpha value is -2.14. The smallest absolute Gasteiger partial charge is 0.386 e. The number of nitrogens with zero attached hydrogens (tertiary/aromatic N) is 4. The molecule has 0 amide bonds. The number of hydrogen-bond acceptors (Lipinski definition) is 13. The van der Waals surface area contributed by atoms with Crippen LogP contribution in [0.1, 0.15) is 11.8 Å². The molecule has 2 unspecified atom stereocenters. The number of benzene rings is 1. The van der Waals surface area contributed by atoms with E-state index in [1.807, 2.05) is 30.3 Å². The van der Waals surface area contributed by atoms with Gasteiger partial charge in [0.15, 0.2) is 17.7 Å². The van der Waals surface area contributed by atoms with Crippen LogP contribution in [0.2, 0.25) is 0 Å². The third-order valence-corrected chi connectivity index (χ3v) is 9.13. The lowest BCUT2D eigenvalue weighted by Crippen LogP contribution is -2.37. The molecule has 18 nitrogen and oxygen atoms in total. The van der Waals surface area contributed by atoms with Gasteiger partial charge < -0.3 is 39.9 Å². The zero-order chi connectivity index (χ0) is 28.4. The van der Waals surface area contributed by atoms with Gasteiger partial charge in [0.2, 0.25) is 0 Å². The number of aromatic nitrogens is 4. The molecule has 3 aromatic rings. The maximum absolute atomic E-state index is 12.2. The van der Waals surface area contributed by atoms with Crippen LogP contribution in [0, 0.1) is 0 Å². The maximum atomic E-state index is 12.2. The lowest BCUT2D eigenvalue weighted by Gasteiger charge is -2.22. The van der Waals surface area contributed by atoms with Gasteiger partial charge in [-0.25, -0.2) is 28.6 Å². The summed E-state index contributed by atoms with van der Waals surface area (Å²) in [6.45, 7) is -0.746. The van der Waals surface area contributed by atoms with Crippen molar-refractivity contribution in [3.8, 4) is 0 Å². The van der Waals surface area contributed by atoms with E-state index in [1.54, 1.807) is 0 Å². The number of rotatable bonds is 12. The molecule has 1 aliphatic heterocycles. The van der Waals surface area contributed by atoms with E-state index in [2.05, 4.69) is 23.6 Å². The van der Waals surface area contributed by atoms with E-state index in [-0.39, 0.29) is 23.6 Å². The maximum Gasteiger partial charge on any atom is 0.490 e. The Labute approximate surface area is 219 Å². The van der Waals surface area contributed by atoms with Gasteiger partial charge >= 0.3 is 23.5 Å². The van der Waals surface area contributed by atoms with E-state index in [0.29, 0.717) is 6.42 Å². The number of fused-ring (bicyclic) bond motifs is 1. The second-order valence-electron chi connectivity index (χ2n) is 8.10. The fourth-order valence-corrected chi connectivity index (χ4v) is 6.80. The van der Waals surface area contributed by atoms with E-state index in [4.69, 9.17) is 29.5 Å². The van der Waals surface area contributed by atoms with Crippen molar-refractivity contribution in [2.45, 2.75) is 31.0 Å². The van der Waals surface area contributed by atoms with Crippen molar-refractivity contribution in [2.24, 2.45) is 0 Å². The number of hydrogen-bond donors (Lipinski definition) is 6. The molecule has 3 heterocycles. The molecular weight excluding hydrogens is 587 g/mol. The largest absolute Gasteiger partial charge is 0.490 e. The predicted molar refractivity (Wildman–Crippen MR) is 129 cm³/mol. The highest BCUT2D eigenvalue weighted by molar-refractivity contribution is 7.66. The van der Waals surface area contributed by atoms with Crippen LogP contribution in [0.25, 0.3) is 11.2 Å². The molecule has 39 heavy (non-hydrogen) atoms. The van der Waals surface area contributed by atoms with Crippen LogP contribution in [0.5, 0.6) is 0 Å². The van der Waals surface area contributed by atoms with Gasteiger partial charge in [-0.1, -0.05) is 30.3 Å². The van der Waals surface area contributed by atoms with Gasteiger partial charge in [-0.3, -0.25) is 9.09 Å². The number of ether oxygens (including phenoxy) is 2. The first-order valence-electron chi connectivity index (χ1n) is 10.9. The Kier molecular flexibility index (Phi) is 9.00. The molecule has 1 saturated heterocycles. The summed E-state index contributed by atoms with van der Waals surface area (Å²) in [4.78, 5) is 48.6. The molecule has 1 aromatic carbocycles. The first-order chi connectivity index (χ1) is 18.2. The van der Waals surface area contributed by atoms with Gasteiger partial charge in [-0.05, 0) is 12.0 Å². The van der Waals surface area contributed by atoms with E-state index in [1.165, 1.54) is 17.2 Å². The van der Waals surface area contributed by atoms with Crippen molar-refractivity contribution >= 4 is 40.4 Å². The van der Waals surface area contributed by atoms with E-state index < -0.39 is 54.6 Å². The zero-order valence-electron chi connectivity index (χ0n) is 19.7. The number of phosphoric acid groups is 3. The van der Waals surface area contributed by atoms with E-state index in [9.17, 15) is 28.6 Å². The van der Waals surface area contributed by atoms with Crippen LogP contribution in [0.15, 0.2) is 43.0 Å². The third kappa shape index (κ3) is 7.74. The Balaban J connectivity index is 1.51. The first-order valence-corrected chi connectivity index (χ1v) is 15.5. The van der Waals surface area contributed by atoms with Gasteiger partial charge in [0.05, 0.1) is 19.5 Å². The molecule has 0 bridgehead atoms. The summed E-state index contributed by atoms with van der Waals surface area (Å²) < 4.78 is 59.8. The van der Waals surface area contributed by atoms with Crippen LogP contribution in [0.4, 0.5) is 5.82 Å². The molecule has 0 spiro atoms. The van der Waals surface area contributed by atoms with Gasteiger partial charge in [0, 0.05) is 0 Å². The van der Waals surface area contributed by atoms with Crippen molar-refractivity contribution in [3.05, 3.63) is 48.5 Å². The van der Waals surface area contributed by atoms with Crippen molar-refractivity contribution in [1.29, 1.82) is 0 Å². The number of nitrogen functional groups attached to an aromatic ring is 1. The molecule has 0 radical (unpaired) electrons. The van der Waals surface area contributed by atoms with Crippen LogP contribution < -0.4 is 5.73 Å². The summed E-state index contributed by atoms with van der Waals surface area (Å²) in [7, 11) is -16.7. The molecular formula is C18H24N5O13P3. The molecule has 4 rings (SSSR count). The molecule has 1 fully saturated rings. The second kappa shape index (κ2) is 11.8. The molecule has 21 heteroatoms. The molecule has 2 aromatic heterocycles. The molecule has 6 atom stereocenters. The quantitative estimate of drug-likeness (QED) is 0.153. The number of aliphatic hydroxyl groups is 1. The highest BCUT2D eigenvalue weighted by Gasteiger charge is 2.48.